The highest BCUT2D eigenvalue weighted by molar-refractivity contribution is 6.31. The van der Waals surface area contributed by atoms with Gasteiger partial charge in [-0.15, -0.1) is 0 Å². The van der Waals surface area contributed by atoms with E-state index in [0.717, 1.165) is 0 Å². The topological polar surface area (TPSA) is 99.2 Å². The molecule has 3 rings (SSSR count). The van der Waals surface area contributed by atoms with Crippen LogP contribution in [0, 0.1) is 6.92 Å². The molecule has 20 heavy (non-hydrogen) atoms. The normalized spacial score (nSPS) is 10.8. The van der Waals surface area contributed by atoms with Gasteiger partial charge in [0.25, 0.3) is 11.9 Å². The summed E-state index contributed by atoms with van der Waals surface area (Å²) in [6.07, 6.45) is 4.54. The number of anilines is 1. The van der Waals surface area contributed by atoms with Gasteiger partial charge in [0.05, 0.1) is 16.9 Å². The summed E-state index contributed by atoms with van der Waals surface area (Å²) in [6.45, 7) is 1.80. The lowest BCUT2D eigenvalue weighted by Gasteiger charge is -2.05. The number of rotatable bonds is 3. The summed E-state index contributed by atoms with van der Waals surface area (Å²) in [6, 6.07) is 0. The molecular weight excluding hydrogens is 282 g/mol. The molecule has 9 nitrogen and oxygen atoms in total. The Hall–Kier alpha value is -2.55. The molecule has 3 aromatic heterocycles. The fourth-order valence-corrected chi connectivity index (χ4v) is 1.65. The van der Waals surface area contributed by atoms with Crippen LogP contribution in [0.4, 0.5) is 5.95 Å². The Labute approximate surface area is 118 Å². The van der Waals surface area contributed by atoms with Gasteiger partial charge in [-0.25, -0.2) is 9.67 Å². The maximum absolute atomic E-state index is 5.99. The number of hydrogen-bond donors (Lipinski definition) is 1. The van der Waals surface area contributed by atoms with Crippen LogP contribution in [0.25, 0.3) is 11.9 Å². The highest BCUT2D eigenvalue weighted by Crippen LogP contribution is 2.15. The molecule has 1 N–H and O–H groups in total. The molecule has 102 valence electrons. The Morgan fingerprint density at radius 2 is 1.90 bits per heavy atom. The van der Waals surface area contributed by atoms with Crippen LogP contribution in [-0.4, -0.2) is 46.5 Å². The largest absolute Gasteiger partial charge is 0.357 e. The number of aryl methyl sites for hydroxylation is 1. The van der Waals surface area contributed by atoms with Gasteiger partial charge >= 0.3 is 0 Å². The van der Waals surface area contributed by atoms with Crippen LogP contribution in [0.2, 0.25) is 5.02 Å². The SMILES string of the molecule is CNc1nc(-n2cncn2)nc(-n2cc(Cl)c(C)n2)n1. The van der Waals surface area contributed by atoms with Gasteiger partial charge in [0.15, 0.2) is 0 Å². The zero-order chi connectivity index (χ0) is 14.1. The zero-order valence-electron chi connectivity index (χ0n) is 10.7. The number of nitrogens with one attached hydrogen (secondary N) is 1. The maximum atomic E-state index is 5.99. The van der Waals surface area contributed by atoms with Crippen molar-refractivity contribution in [3.63, 3.8) is 0 Å². The summed E-state index contributed by atoms with van der Waals surface area (Å²) in [5.41, 5.74) is 0.695. The van der Waals surface area contributed by atoms with Crippen molar-refractivity contribution in [3.05, 3.63) is 29.6 Å². The van der Waals surface area contributed by atoms with Crippen molar-refractivity contribution in [2.45, 2.75) is 6.92 Å². The highest BCUT2D eigenvalue weighted by atomic mass is 35.5. The van der Waals surface area contributed by atoms with Crippen molar-refractivity contribution in [2.24, 2.45) is 0 Å². The molecule has 0 saturated heterocycles. The summed E-state index contributed by atoms with van der Waals surface area (Å²) in [5.74, 6) is 1.07. The molecule has 0 bridgehead atoms. The second-order valence-corrected chi connectivity index (χ2v) is 4.26. The third-order valence-corrected chi connectivity index (χ3v) is 2.87. The molecular formula is C10H10ClN9. The Kier molecular flexibility index (Phi) is 3.03. The first kappa shape index (κ1) is 12.5. The smallest absolute Gasteiger partial charge is 0.258 e. The van der Waals surface area contributed by atoms with Crippen molar-refractivity contribution in [1.29, 1.82) is 0 Å². The van der Waals surface area contributed by atoms with E-state index < -0.39 is 0 Å². The van der Waals surface area contributed by atoms with Crippen LogP contribution in [0.15, 0.2) is 18.9 Å². The van der Waals surface area contributed by atoms with Crippen LogP contribution in [0.5, 0.6) is 0 Å². The third-order valence-electron chi connectivity index (χ3n) is 2.50. The Balaban J connectivity index is 2.13. The van der Waals surface area contributed by atoms with E-state index in [2.05, 4.69) is 35.5 Å². The van der Waals surface area contributed by atoms with E-state index in [-0.39, 0.29) is 0 Å². The number of aromatic nitrogens is 8. The minimum absolute atomic E-state index is 0.334. The van der Waals surface area contributed by atoms with Gasteiger partial charge in [-0.3, -0.25) is 0 Å². The van der Waals surface area contributed by atoms with Crippen LogP contribution >= 0.6 is 11.6 Å². The first-order valence-electron chi connectivity index (χ1n) is 5.68. The Morgan fingerprint density at radius 3 is 2.45 bits per heavy atom. The number of halogens is 1. The third kappa shape index (κ3) is 2.18. The minimum atomic E-state index is 0.334. The quantitative estimate of drug-likeness (QED) is 0.756. The molecule has 0 spiro atoms. The lowest BCUT2D eigenvalue weighted by atomic mass is 10.5. The van der Waals surface area contributed by atoms with Gasteiger partial charge in [0.2, 0.25) is 5.95 Å². The van der Waals surface area contributed by atoms with Gasteiger partial charge in [-0.1, -0.05) is 11.6 Å². The molecule has 0 aliphatic heterocycles. The number of nitrogens with zero attached hydrogens (tertiary/aromatic N) is 8. The van der Waals surface area contributed by atoms with Crippen molar-refractivity contribution < 1.29 is 0 Å². The molecule has 0 atom stereocenters. The summed E-state index contributed by atoms with van der Waals surface area (Å²) in [7, 11) is 1.71. The van der Waals surface area contributed by atoms with E-state index in [0.29, 0.717) is 28.6 Å². The summed E-state index contributed by atoms with van der Waals surface area (Å²) < 4.78 is 2.92. The first-order valence-corrected chi connectivity index (χ1v) is 6.06. The second-order valence-electron chi connectivity index (χ2n) is 3.86. The molecule has 0 amide bonds. The van der Waals surface area contributed by atoms with Crippen LogP contribution < -0.4 is 5.32 Å². The fraction of sp³-hybridized carbons (Fsp3) is 0.200. The van der Waals surface area contributed by atoms with Crippen LogP contribution in [0.1, 0.15) is 5.69 Å². The van der Waals surface area contributed by atoms with E-state index in [4.69, 9.17) is 11.6 Å². The molecule has 10 heteroatoms. The Morgan fingerprint density at radius 1 is 1.15 bits per heavy atom. The van der Waals surface area contributed by atoms with Crippen molar-refractivity contribution in [1.82, 2.24) is 39.5 Å². The van der Waals surface area contributed by atoms with Gasteiger partial charge in [0.1, 0.15) is 12.7 Å². The van der Waals surface area contributed by atoms with Gasteiger partial charge in [0, 0.05) is 7.05 Å². The number of hydrogen-bond acceptors (Lipinski definition) is 7. The lowest BCUT2D eigenvalue weighted by Crippen LogP contribution is -2.12. The Bertz CT molecular complexity index is 714. The highest BCUT2D eigenvalue weighted by Gasteiger charge is 2.12. The zero-order valence-corrected chi connectivity index (χ0v) is 11.4. The van der Waals surface area contributed by atoms with Crippen LogP contribution in [-0.2, 0) is 0 Å². The molecule has 0 radical (unpaired) electrons. The summed E-state index contributed by atoms with van der Waals surface area (Å²) in [4.78, 5) is 16.6. The van der Waals surface area contributed by atoms with Gasteiger partial charge in [-0.2, -0.15) is 29.8 Å². The molecule has 0 fully saturated rings. The summed E-state index contributed by atoms with van der Waals surface area (Å²) >= 11 is 5.99. The van der Waals surface area contributed by atoms with Crippen LogP contribution in [0.3, 0.4) is 0 Å². The second kappa shape index (κ2) is 4.85. The summed E-state index contributed by atoms with van der Waals surface area (Å²) in [5, 5.41) is 11.6. The predicted molar refractivity (Wildman–Crippen MR) is 71.2 cm³/mol. The molecule has 0 unspecified atom stereocenters. The average molecular weight is 292 g/mol. The van der Waals surface area contributed by atoms with Crippen molar-refractivity contribution >= 4 is 17.5 Å². The van der Waals surface area contributed by atoms with E-state index in [9.17, 15) is 0 Å². The fourth-order valence-electron chi connectivity index (χ4n) is 1.52. The predicted octanol–water partition coefficient (Wildman–Crippen LogP) is 0.642. The van der Waals surface area contributed by atoms with Gasteiger partial charge in [-0.05, 0) is 6.92 Å². The molecule has 0 aliphatic rings. The average Bonchev–Trinajstić information content (AvgIpc) is 3.09. The maximum Gasteiger partial charge on any atom is 0.258 e. The van der Waals surface area contributed by atoms with E-state index in [1.807, 2.05) is 0 Å². The molecule has 3 aromatic rings. The van der Waals surface area contributed by atoms with E-state index in [1.165, 1.54) is 22.0 Å². The van der Waals surface area contributed by atoms with Crippen molar-refractivity contribution in [3.8, 4) is 11.9 Å². The molecule has 0 aromatic carbocycles. The lowest BCUT2D eigenvalue weighted by molar-refractivity contribution is 0.742. The first-order chi connectivity index (χ1) is 9.67. The molecule has 3 heterocycles. The standard InChI is InChI=1S/C10H10ClN9/c1-6-7(11)3-19(18-6)9-15-8(12-2)16-10(17-9)20-5-13-4-14-20/h3-5H,1-2H3,(H,12,15,16,17). The molecule has 0 saturated carbocycles. The van der Waals surface area contributed by atoms with E-state index >= 15 is 0 Å². The van der Waals surface area contributed by atoms with Gasteiger partial charge < -0.3 is 5.32 Å². The molecule has 0 aliphatic carbocycles. The monoisotopic (exact) mass is 291 g/mol. The van der Waals surface area contributed by atoms with E-state index in [1.54, 1.807) is 20.2 Å². The van der Waals surface area contributed by atoms with Crippen molar-refractivity contribution in [2.75, 3.05) is 12.4 Å². The minimum Gasteiger partial charge on any atom is -0.357 e.